The summed E-state index contributed by atoms with van der Waals surface area (Å²) < 4.78 is 4.71. The second kappa shape index (κ2) is 6.56. The van der Waals surface area contributed by atoms with Crippen LogP contribution in [0.1, 0.15) is 28.4 Å². The molecule has 0 saturated heterocycles. The Morgan fingerprint density at radius 2 is 2.30 bits per heavy atom. The minimum absolute atomic E-state index is 0.202. The summed E-state index contributed by atoms with van der Waals surface area (Å²) >= 11 is 8.98. The van der Waals surface area contributed by atoms with Crippen LogP contribution in [-0.4, -0.2) is 24.1 Å². The lowest BCUT2D eigenvalue weighted by molar-refractivity contribution is 0.0606. The number of hydrogen-bond donors (Lipinski definition) is 0. The Hall–Kier alpha value is -1.11. The normalized spacial score (nSPS) is 10.8. The molecule has 0 unspecified atom stereocenters. The van der Waals surface area contributed by atoms with Crippen LogP contribution in [0.4, 0.5) is 5.13 Å². The van der Waals surface area contributed by atoms with Crippen LogP contribution < -0.4 is 4.90 Å². The number of thiazole rings is 1. The lowest BCUT2D eigenvalue weighted by Crippen LogP contribution is -2.29. The van der Waals surface area contributed by atoms with Crippen LogP contribution in [0.25, 0.3) is 0 Å². The molecule has 0 aromatic carbocycles. The van der Waals surface area contributed by atoms with Gasteiger partial charge < -0.3 is 9.64 Å². The summed E-state index contributed by atoms with van der Waals surface area (Å²) in [6.45, 7) is 4.92. The third-order valence-corrected chi connectivity index (χ3v) is 5.04. The first-order valence-corrected chi connectivity index (χ1v) is 8.14. The SMILES string of the molecule is COC(=O)c1sc(N(Cc2cccs2)C(C)C)nc1Cl. The van der Waals surface area contributed by atoms with Crippen LogP contribution in [0.2, 0.25) is 5.15 Å². The number of thiophene rings is 1. The van der Waals surface area contributed by atoms with E-state index in [0.29, 0.717) is 4.88 Å². The van der Waals surface area contributed by atoms with E-state index >= 15 is 0 Å². The molecule has 4 nitrogen and oxygen atoms in total. The summed E-state index contributed by atoms with van der Waals surface area (Å²) in [7, 11) is 1.34. The van der Waals surface area contributed by atoms with Gasteiger partial charge in [0.1, 0.15) is 0 Å². The fourth-order valence-electron chi connectivity index (χ4n) is 1.67. The van der Waals surface area contributed by atoms with E-state index in [1.807, 2.05) is 11.4 Å². The van der Waals surface area contributed by atoms with Gasteiger partial charge in [-0.15, -0.1) is 11.3 Å². The smallest absolute Gasteiger partial charge is 0.351 e. The summed E-state index contributed by atoms with van der Waals surface area (Å²) in [6.07, 6.45) is 0. The Balaban J connectivity index is 2.28. The molecule has 0 aliphatic rings. The van der Waals surface area contributed by atoms with Gasteiger partial charge in [0.05, 0.1) is 13.7 Å². The molecule has 2 aromatic heterocycles. The van der Waals surface area contributed by atoms with Crippen molar-refractivity contribution in [3.8, 4) is 0 Å². The number of carbonyl (C=O) groups excluding carboxylic acids is 1. The van der Waals surface area contributed by atoms with E-state index in [-0.39, 0.29) is 11.2 Å². The highest BCUT2D eigenvalue weighted by Gasteiger charge is 2.22. The molecular formula is C13H15ClN2O2S2. The van der Waals surface area contributed by atoms with Crippen LogP contribution in [0.15, 0.2) is 17.5 Å². The molecule has 20 heavy (non-hydrogen) atoms. The lowest BCUT2D eigenvalue weighted by Gasteiger charge is -2.25. The summed E-state index contributed by atoms with van der Waals surface area (Å²) in [5, 5.41) is 2.98. The number of anilines is 1. The molecule has 0 atom stereocenters. The second-order valence-corrected chi connectivity index (χ2v) is 6.78. The quantitative estimate of drug-likeness (QED) is 0.775. The zero-order valence-corrected chi connectivity index (χ0v) is 13.8. The van der Waals surface area contributed by atoms with Crippen molar-refractivity contribution in [3.63, 3.8) is 0 Å². The first-order valence-electron chi connectivity index (χ1n) is 6.06. The second-order valence-electron chi connectivity index (χ2n) is 4.41. The van der Waals surface area contributed by atoms with Crippen LogP contribution in [0, 0.1) is 0 Å². The van der Waals surface area contributed by atoms with Crippen molar-refractivity contribution in [1.82, 2.24) is 4.98 Å². The number of halogens is 1. The number of hydrogen-bond acceptors (Lipinski definition) is 6. The van der Waals surface area contributed by atoms with E-state index < -0.39 is 5.97 Å². The summed E-state index contributed by atoms with van der Waals surface area (Å²) in [5.41, 5.74) is 0. The van der Waals surface area contributed by atoms with Crippen molar-refractivity contribution in [2.45, 2.75) is 26.4 Å². The van der Waals surface area contributed by atoms with Gasteiger partial charge in [-0.2, -0.15) is 0 Å². The monoisotopic (exact) mass is 330 g/mol. The number of carbonyl (C=O) groups is 1. The topological polar surface area (TPSA) is 42.4 Å². The number of methoxy groups -OCH3 is 1. The molecule has 0 N–H and O–H groups in total. The molecule has 2 heterocycles. The molecule has 0 bridgehead atoms. The molecule has 2 aromatic rings. The van der Waals surface area contributed by atoms with E-state index in [9.17, 15) is 4.79 Å². The maximum atomic E-state index is 11.6. The summed E-state index contributed by atoms with van der Waals surface area (Å²) in [5.74, 6) is -0.446. The first kappa shape index (κ1) is 15.3. The Kier molecular flexibility index (Phi) is 5.01. The molecule has 0 aliphatic carbocycles. The highest BCUT2D eigenvalue weighted by atomic mass is 35.5. The van der Waals surface area contributed by atoms with Gasteiger partial charge in [-0.25, -0.2) is 9.78 Å². The van der Waals surface area contributed by atoms with Gasteiger partial charge in [-0.05, 0) is 25.3 Å². The van der Waals surface area contributed by atoms with Gasteiger partial charge in [-0.1, -0.05) is 29.0 Å². The number of rotatable bonds is 5. The van der Waals surface area contributed by atoms with Crippen LogP contribution in [-0.2, 0) is 11.3 Å². The van der Waals surface area contributed by atoms with Crippen molar-refractivity contribution in [3.05, 3.63) is 32.4 Å². The molecule has 0 fully saturated rings. The average Bonchev–Trinajstić information content (AvgIpc) is 3.04. The van der Waals surface area contributed by atoms with Crippen LogP contribution in [0.3, 0.4) is 0 Å². The number of nitrogens with zero attached hydrogens (tertiary/aromatic N) is 2. The van der Waals surface area contributed by atoms with Gasteiger partial charge >= 0.3 is 5.97 Å². The molecule has 0 spiro atoms. The maximum Gasteiger partial charge on any atom is 0.351 e. The number of esters is 1. The fourth-order valence-corrected chi connectivity index (χ4v) is 3.71. The maximum absolute atomic E-state index is 11.6. The Bertz CT molecular complexity index is 581. The van der Waals surface area contributed by atoms with E-state index in [1.165, 1.54) is 23.3 Å². The molecule has 2 rings (SSSR count). The number of ether oxygens (including phenoxy) is 1. The van der Waals surface area contributed by atoms with E-state index in [0.717, 1.165) is 11.7 Å². The first-order chi connectivity index (χ1) is 9.52. The highest BCUT2D eigenvalue weighted by Crippen LogP contribution is 2.32. The molecule has 0 radical (unpaired) electrons. The summed E-state index contributed by atoms with van der Waals surface area (Å²) in [4.78, 5) is 19.6. The third-order valence-electron chi connectivity index (χ3n) is 2.72. The predicted molar refractivity (Wildman–Crippen MR) is 84.1 cm³/mol. The Morgan fingerprint density at radius 3 is 2.85 bits per heavy atom. The molecule has 0 aliphatic heterocycles. The van der Waals surface area contributed by atoms with Gasteiger partial charge in [0.2, 0.25) is 0 Å². The average molecular weight is 331 g/mol. The summed E-state index contributed by atoms with van der Waals surface area (Å²) in [6, 6.07) is 4.36. The molecule has 0 saturated carbocycles. The van der Waals surface area contributed by atoms with Gasteiger partial charge in [0.15, 0.2) is 15.2 Å². The fraction of sp³-hybridized carbons (Fsp3) is 0.385. The Labute approximate surface area is 131 Å². The van der Waals surface area contributed by atoms with E-state index in [2.05, 4.69) is 29.8 Å². The molecule has 108 valence electrons. The van der Waals surface area contributed by atoms with Gasteiger partial charge in [0, 0.05) is 10.9 Å². The van der Waals surface area contributed by atoms with E-state index in [1.54, 1.807) is 11.3 Å². The highest BCUT2D eigenvalue weighted by molar-refractivity contribution is 7.18. The third kappa shape index (κ3) is 3.31. The van der Waals surface area contributed by atoms with E-state index in [4.69, 9.17) is 16.3 Å². The van der Waals surface area contributed by atoms with Crippen LogP contribution in [0.5, 0.6) is 0 Å². The van der Waals surface area contributed by atoms with Crippen LogP contribution >= 0.6 is 34.3 Å². The Morgan fingerprint density at radius 1 is 1.55 bits per heavy atom. The largest absolute Gasteiger partial charge is 0.465 e. The van der Waals surface area contributed by atoms with Crippen molar-refractivity contribution < 1.29 is 9.53 Å². The zero-order valence-electron chi connectivity index (χ0n) is 11.4. The van der Waals surface area contributed by atoms with Crippen molar-refractivity contribution >= 4 is 45.4 Å². The standard InChI is InChI=1S/C13H15ClN2O2S2/c1-8(2)16(7-9-5-4-6-19-9)13-15-11(14)10(20-13)12(17)18-3/h4-6,8H,7H2,1-3H3. The van der Waals surface area contributed by atoms with Crippen molar-refractivity contribution in [1.29, 1.82) is 0 Å². The lowest BCUT2D eigenvalue weighted by atomic mass is 10.3. The van der Waals surface area contributed by atoms with Gasteiger partial charge in [0.25, 0.3) is 0 Å². The van der Waals surface area contributed by atoms with Crippen molar-refractivity contribution in [2.75, 3.05) is 12.0 Å². The minimum atomic E-state index is -0.446. The predicted octanol–water partition coefficient (Wildman–Crippen LogP) is 4.06. The minimum Gasteiger partial charge on any atom is -0.465 e. The molecular weight excluding hydrogens is 316 g/mol. The van der Waals surface area contributed by atoms with Crippen molar-refractivity contribution in [2.24, 2.45) is 0 Å². The number of aromatic nitrogens is 1. The molecule has 7 heteroatoms. The van der Waals surface area contributed by atoms with Gasteiger partial charge in [-0.3, -0.25) is 0 Å². The zero-order chi connectivity index (χ0) is 14.7. The molecule has 0 amide bonds.